The lowest BCUT2D eigenvalue weighted by Gasteiger charge is -2.36. The second kappa shape index (κ2) is 7.81. The highest BCUT2D eigenvalue weighted by molar-refractivity contribution is 5.78. The average molecular weight is 363 g/mol. The van der Waals surface area contributed by atoms with Gasteiger partial charge in [-0.2, -0.15) is 9.97 Å². The molecule has 9 nitrogen and oxygen atoms in total. The van der Waals surface area contributed by atoms with Crippen LogP contribution in [-0.2, 0) is 9.47 Å². The predicted molar refractivity (Wildman–Crippen MR) is 102 cm³/mol. The Hall–Kier alpha value is -1.84. The van der Waals surface area contributed by atoms with E-state index in [0.29, 0.717) is 32.1 Å². The van der Waals surface area contributed by atoms with Crippen LogP contribution >= 0.6 is 0 Å². The average Bonchev–Trinajstić information content (AvgIpc) is 2.70. The number of nitrogens with two attached hydrogens (primary N) is 1. The number of likely N-dealkylation sites (N-methyl/N-ethyl adjacent to an activating group) is 1. The molecular weight excluding hydrogens is 334 g/mol. The van der Waals surface area contributed by atoms with Crippen molar-refractivity contribution in [1.29, 1.82) is 0 Å². The van der Waals surface area contributed by atoms with E-state index in [9.17, 15) is 0 Å². The van der Waals surface area contributed by atoms with E-state index in [0.717, 1.165) is 69.9 Å². The highest BCUT2D eigenvalue weighted by Gasteiger charge is 2.26. The van der Waals surface area contributed by atoms with Crippen molar-refractivity contribution in [3.63, 3.8) is 0 Å². The third kappa shape index (κ3) is 3.65. The second-order valence-corrected chi connectivity index (χ2v) is 7.07. The van der Waals surface area contributed by atoms with Crippen LogP contribution in [0.4, 0.5) is 23.3 Å². The van der Waals surface area contributed by atoms with Gasteiger partial charge in [0.25, 0.3) is 0 Å². The molecule has 0 radical (unpaired) electrons. The standard InChI is InChI=1S/C17H29N7O2/c1-21-2-4-24(5-3-21)17-19-15(22-6-10-25-11-7-22)14(18)16(20-17)23-8-12-26-13-9-23/h2-13,18H2,1H3. The SMILES string of the molecule is CN1CCN(c2nc(N3CCOCC3)c(N)c(N3CCOCC3)n2)CC1. The number of morpholine rings is 2. The zero-order valence-corrected chi connectivity index (χ0v) is 15.6. The van der Waals surface area contributed by atoms with E-state index in [1.807, 2.05) is 0 Å². The van der Waals surface area contributed by atoms with Crippen LogP contribution < -0.4 is 20.4 Å². The second-order valence-electron chi connectivity index (χ2n) is 7.07. The molecule has 9 heteroatoms. The van der Waals surface area contributed by atoms with Crippen LogP contribution in [0.5, 0.6) is 0 Å². The smallest absolute Gasteiger partial charge is 0.229 e. The summed E-state index contributed by atoms with van der Waals surface area (Å²) < 4.78 is 11.0. The molecule has 1 aromatic rings. The Kier molecular flexibility index (Phi) is 5.28. The van der Waals surface area contributed by atoms with Crippen molar-refractivity contribution < 1.29 is 9.47 Å². The first kappa shape index (κ1) is 17.6. The monoisotopic (exact) mass is 363 g/mol. The van der Waals surface area contributed by atoms with E-state index in [2.05, 4.69) is 26.6 Å². The van der Waals surface area contributed by atoms with E-state index in [-0.39, 0.29) is 0 Å². The number of rotatable bonds is 3. The molecule has 1 aromatic heterocycles. The predicted octanol–water partition coefficient (Wildman–Crippen LogP) is -0.516. The van der Waals surface area contributed by atoms with E-state index < -0.39 is 0 Å². The van der Waals surface area contributed by atoms with Crippen molar-refractivity contribution in [2.75, 3.05) is 106 Å². The molecular formula is C17H29N7O2. The van der Waals surface area contributed by atoms with Crippen molar-refractivity contribution in [1.82, 2.24) is 14.9 Å². The molecule has 0 saturated carbocycles. The minimum atomic E-state index is 0.673. The highest BCUT2D eigenvalue weighted by atomic mass is 16.5. The fourth-order valence-electron chi connectivity index (χ4n) is 3.62. The Labute approximate surface area is 154 Å². The van der Waals surface area contributed by atoms with Gasteiger partial charge in [-0.15, -0.1) is 0 Å². The van der Waals surface area contributed by atoms with Gasteiger partial charge >= 0.3 is 0 Å². The Morgan fingerprint density at radius 2 is 1.15 bits per heavy atom. The first-order valence-electron chi connectivity index (χ1n) is 9.49. The summed E-state index contributed by atoms with van der Waals surface area (Å²) in [7, 11) is 2.15. The molecule has 2 N–H and O–H groups in total. The van der Waals surface area contributed by atoms with E-state index >= 15 is 0 Å². The zero-order chi connectivity index (χ0) is 17.9. The van der Waals surface area contributed by atoms with Crippen molar-refractivity contribution in [3.05, 3.63) is 0 Å². The number of ether oxygens (including phenoxy) is 2. The van der Waals surface area contributed by atoms with Crippen LogP contribution in [0.2, 0.25) is 0 Å². The van der Waals surface area contributed by atoms with Gasteiger partial charge < -0.3 is 34.8 Å². The van der Waals surface area contributed by atoms with Crippen molar-refractivity contribution in [2.45, 2.75) is 0 Å². The van der Waals surface area contributed by atoms with Gasteiger partial charge in [-0.05, 0) is 7.05 Å². The maximum Gasteiger partial charge on any atom is 0.229 e. The number of hydrogen-bond acceptors (Lipinski definition) is 9. The van der Waals surface area contributed by atoms with Gasteiger partial charge in [0.2, 0.25) is 5.95 Å². The molecule has 4 rings (SSSR count). The minimum Gasteiger partial charge on any atom is -0.393 e. The summed E-state index contributed by atoms with van der Waals surface area (Å²) in [4.78, 5) is 18.8. The Morgan fingerprint density at radius 3 is 1.62 bits per heavy atom. The number of aromatic nitrogens is 2. The lowest BCUT2D eigenvalue weighted by Crippen LogP contribution is -2.46. The number of nitrogens with zero attached hydrogens (tertiary/aromatic N) is 6. The fourth-order valence-corrected chi connectivity index (χ4v) is 3.62. The summed E-state index contributed by atoms with van der Waals surface area (Å²) in [6.45, 7) is 9.99. The highest BCUT2D eigenvalue weighted by Crippen LogP contribution is 2.33. The number of hydrogen-bond donors (Lipinski definition) is 1. The molecule has 0 aliphatic carbocycles. The summed E-state index contributed by atoms with van der Waals surface area (Å²) in [6, 6.07) is 0. The molecule has 3 aliphatic rings. The van der Waals surface area contributed by atoms with E-state index in [4.69, 9.17) is 25.2 Å². The van der Waals surface area contributed by atoms with Gasteiger partial charge in [0, 0.05) is 52.4 Å². The molecule has 3 saturated heterocycles. The van der Waals surface area contributed by atoms with Gasteiger partial charge in [-0.3, -0.25) is 0 Å². The van der Waals surface area contributed by atoms with Crippen LogP contribution in [-0.4, -0.2) is 101 Å². The topological polar surface area (TPSA) is 83.2 Å². The first-order chi connectivity index (χ1) is 12.7. The fraction of sp³-hybridized carbons (Fsp3) is 0.765. The first-order valence-corrected chi connectivity index (χ1v) is 9.49. The summed E-state index contributed by atoms with van der Waals surface area (Å²) in [6.07, 6.45) is 0. The Bertz CT molecular complexity index is 570. The summed E-state index contributed by atoms with van der Waals surface area (Å²) in [5.41, 5.74) is 7.22. The minimum absolute atomic E-state index is 0.673. The van der Waals surface area contributed by atoms with Gasteiger partial charge in [0.05, 0.1) is 26.4 Å². The normalized spacial score (nSPS) is 22.7. The zero-order valence-electron chi connectivity index (χ0n) is 15.6. The molecule has 0 bridgehead atoms. The maximum absolute atomic E-state index is 6.55. The molecule has 26 heavy (non-hydrogen) atoms. The summed E-state index contributed by atoms with van der Waals surface area (Å²) in [5, 5.41) is 0. The molecule has 4 heterocycles. The molecule has 3 aliphatic heterocycles. The van der Waals surface area contributed by atoms with E-state index in [1.165, 1.54) is 0 Å². The van der Waals surface area contributed by atoms with Crippen LogP contribution in [0.25, 0.3) is 0 Å². The van der Waals surface area contributed by atoms with Gasteiger partial charge in [-0.1, -0.05) is 0 Å². The van der Waals surface area contributed by atoms with Gasteiger partial charge in [-0.25, -0.2) is 0 Å². The Morgan fingerprint density at radius 1 is 0.692 bits per heavy atom. The molecule has 0 unspecified atom stereocenters. The maximum atomic E-state index is 6.55. The quantitative estimate of drug-likeness (QED) is 0.763. The molecule has 3 fully saturated rings. The lowest BCUT2D eigenvalue weighted by atomic mass is 10.3. The van der Waals surface area contributed by atoms with Crippen molar-refractivity contribution >= 4 is 23.3 Å². The third-order valence-corrected chi connectivity index (χ3v) is 5.30. The van der Waals surface area contributed by atoms with Crippen LogP contribution in [0.3, 0.4) is 0 Å². The van der Waals surface area contributed by atoms with Gasteiger partial charge in [0.1, 0.15) is 5.69 Å². The Balaban J connectivity index is 1.68. The molecule has 0 atom stereocenters. The molecule has 0 amide bonds. The van der Waals surface area contributed by atoms with E-state index in [1.54, 1.807) is 0 Å². The number of anilines is 4. The van der Waals surface area contributed by atoms with Crippen LogP contribution in [0, 0.1) is 0 Å². The van der Waals surface area contributed by atoms with Gasteiger partial charge in [0.15, 0.2) is 11.6 Å². The van der Waals surface area contributed by atoms with Crippen molar-refractivity contribution in [3.8, 4) is 0 Å². The molecule has 0 aromatic carbocycles. The number of nitrogen functional groups attached to an aromatic ring is 1. The van der Waals surface area contributed by atoms with Crippen LogP contribution in [0.1, 0.15) is 0 Å². The molecule has 0 spiro atoms. The van der Waals surface area contributed by atoms with Crippen molar-refractivity contribution in [2.24, 2.45) is 0 Å². The lowest BCUT2D eigenvalue weighted by molar-refractivity contribution is 0.122. The summed E-state index contributed by atoms with van der Waals surface area (Å²) >= 11 is 0. The molecule has 144 valence electrons. The summed E-state index contributed by atoms with van der Waals surface area (Å²) in [5.74, 6) is 2.48. The largest absolute Gasteiger partial charge is 0.393 e. The third-order valence-electron chi connectivity index (χ3n) is 5.30. The number of piperazine rings is 1. The van der Waals surface area contributed by atoms with Crippen LogP contribution in [0.15, 0.2) is 0 Å².